The number of ether oxygens (including phenoxy) is 1. The van der Waals surface area contributed by atoms with Gasteiger partial charge in [-0.2, -0.15) is 10.6 Å². The molecule has 3 rings (SSSR count). The second kappa shape index (κ2) is 6.47. The highest BCUT2D eigenvalue weighted by molar-refractivity contribution is 9.10. The number of benzene rings is 1. The highest BCUT2D eigenvalue weighted by Gasteiger charge is 2.29. The van der Waals surface area contributed by atoms with Gasteiger partial charge in [-0.1, -0.05) is 15.9 Å². The molecular formula is C16H20BrNO4S. The Labute approximate surface area is 144 Å². The summed E-state index contributed by atoms with van der Waals surface area (Å²) in [5, 5.41) is 0.978. The fourth-order valence-electron chi connectivity index (χ4n) is 3.16. The molecule has 1 aliphatic heterocycles. The molecule has 0 saturated carbocycles. The van der Waals surface area contributed by atoms with Crippen molar-refractivity contribution in [2.24, 2.45) is 5.92 Å². The molecule has 1 fully saturated rings. The van der Waals surface area contributed by atoms with Crippen LogP contribution in [0.5, 0.6) is 0 Å². The molecule has 23 heavy (non-hydrogen) atoms. The Morgan fingerprint density at radius 1 is 1.48 bits per heavy atom. The van der Waals surface area contributed by atoms with Crippen LogP contribution in [0.2, 0.25) is 0 Å². The first-order valence-electron chi connectivity index (χ1n) is 7.60. The van der Waals surface area contributed by atoms with E-state index in [9.17, 15) is 13.9 Å². The summed E-state index contributed by atoms with van der Waals surface area (Å²) in [6.45, 7) is 2.12. The molecule has 2 heterocycles. The van der Waals surface area contributed by atoms with Crippen molar-refractivity contribution >= 4 is 43.4 Å². The summed E-state index contributed by atoms with van der Waals surface area (Å²) in [7, 11) is -2.38. The normalized spacial score (nSPS) is 21.5. The minimum absolute atomic E-state index is 0.268. The molecule has 1 aromatic carbocycles. The van der Waals surface area contributed by atoms with E-state index in [1.165, 1.54) is 0 Å². The van der Waals surface area contributed by atoms with Crippen molar-refractivity contribution < 1.29 is 18.6 Å². The predicted molar refractivity (Wildman–Crippen MR) is 96.3 cm³/mol. The van der Waals surface area contributed by atoms with Gasteiger partial charge in [-0.15, -0.1) is 0 Å². The zero-order valence-electron chi connectivity index (χ0n) is 12.8. The summed E-state index contributed by atoms with van der Waals surface area (Å²) in [6.07, 6.45) is 3.51. The van der Waals surface area contributed by atoms with E-state index < -0.39 is 10.6 Å². The first kappa shape index (κ1) is 16.8. The van der Waals surface area contributed by atoms with Gasteiger partial charge in [0.1, 0.15) is 0 Å². The minimum atomic E-state index is -2.38. The second-order valence-corrected chi connectivity index (χ2v) is 9.20. The van der Waals surface area contributed by atoms with Crippen LogP contribution in [-0.4, -0.2) is 38.2 Å². The Morgan fingerprint density at radius 3 is 2.91 bits per heavy atom. The number of carbonyl (C=O) groups excluding carboxylic acids is 1. The number of aromatic nitrogens is 1. The maximum atomic E-state index is 12.1. The standard InChI is InChI=1S/C16H20BrNO4S/c1-2-22-16(19)14-7-12(17)6-13-11(8-18-15(13)14)5-10-3-4-23(20,21)9-10/h6-8,10,18,20-21H,2-5,9H2,1H3. The topological polar surface area (TPSA) is 82.6 Å². The maximum Gasteiger partial charge on any atom is 0.340 e. The number of H-pyrrole nitrogens is 1. The third-order valence-electron chi connectivity index (χ3n) is 4.20. The van der Waals surface area contributed by atoms with Gasteiger partial charge in [0.2, 0.25) is 0 Å². The lowest BCUT2D eigenvalue weighted by Gasteiger charge is -2.26. The maximum absolute atomic E-state index is 12.1. The first-order chi connectivity index (χ1) is 10.9. The average Bonchev–Trinajstić information content (AvgIpc) is 3.02. The first-order valence-corrected chi connectivity index (χ1v) is 10.3. The van der Waals surface area contributed by atoms with Gasteiger partial charge >= 0.3 is 5.97 Å². The average molecular weight is 402 g/mol. The molecule has 0 amide bonds. The van der Waals surface area contributed by atoms with Crippen molar-refractivity contribution in [1.82, 2.24) is 4.98 Å². The monoisotopic (exact) mass is 401 g/mol. The van der Waals surface area contributed by atoms with Crippen LogP contribution < -0.4 is 0 Å². The molecule has 1 atom stereocenters. The van der Waals surface area contributed by atoms with Crippen molar-refractivity contribution in [2.45, 2.75) is 19.8 Å². The van der Waals surface area contributed by atoms with E-state index in [1.54, 1.807) is 13.0 Å². The number of nitrogens with one attached hydrogen (secondary N) is 1. The fraction of sp³-hybridized carbons (Fsp3) is 0.438. The lowest BCUT2D eigenvalue weighted by Crippen LogP contribution is -2.06. The lowest BCUT2D eigenvalue weighted by molar-refractivity contribution is 0.0528. The molecule has 0 bridgehead atoms. The van der Waals surface area contributed by atoms with Crippen molar-refractivity contribution in [2.75, 3.05) is 18.1 Å². The summed E-state index contributed by atoms with van der Waals surface area (Å²) >= 11 is 3.45. The zero-order chi connectivity index (χ0) is 16.6. The van der Waals surface area contributed by atoms with E-state index in [4.69, 9.17) is 4.74 Å². The van der Waals surface area contributed by atoms with E-state index >= 15 is 0 Å². The van der Waals surface area contributed by atoms with Crippen molar-refractivity contribution in [3.8, 4) is 0 Å². The Bertz CT molecular complexity index is 743. The van der Waals surface area contributed by atoms with Crippen LogP contribution in [0.4, 0.5) is 0 Å². The summed E-state index contributed by atoms with van der Waals surface area (Å²) in [5.41, 5.74) is 2.37. The Morgan fingerprint density at radius 2 is 2.26 bits per heavy atom. The number of hydrogen-bond acceptors (Lipinski definition) is 4. The summed E-state index contributed by atoms with van der Waals surface area (Å²) in [4.78, 5) is 15.3. The number of carbonyl (C=O) groups is 1. The predicted octanol–water partition coefficient (Wildman–Crippen LogP) is 4.42. The van der Waals surface area contributed by atoms with E-state index in [-0.39, 0.29) is 11.9 Å². The number of fused-ring (bicyclic) bond motifs is 1. The summed E-state index contributed by atoms with van der Waals surface area (Å²) in [5.74, 6) is 0.891. The van der Waals surface area contributed by atoms with Crippen molar-refractivity contribution in [3.63, 3.8) is 0 Å². The third-order valence-corrected chi connectivity index (χ3v) is 6.55. The molecule has 1 saturated heterocycles. The summed E-state index contributed by atoms with van der Waals surface area (Å²) < 4.78 is 25.5. The van der Waals surface area contributed by atoms with Crippen molar-refractivity contribution in [1.29, 1.82) is 0 Å². The second-order valence-electron chi connectivity index (χ2n) is 5.94. The number of aromatic amines is 1. The quantitative estimate of drug-likeness (QED) is 0.662. The molecule has 5 nitrogen and oxygen atoms in total. The van der Waals surface area contributed by atoms with Crippen LogP contribution in [0.1, 0.15) is 29.3 Å². The molecule has 1 aliphatic rings. The van der Waals surface area contributed by atoms with Gasteiger partial charge in [-0.25, -0.2) is 4.79 Å². The van der Waals surface area contributed by atoms with Gasteiger partial charge < -0.3 is 9.72 Å². The molecule has 0 aliphatic carbocycles. The molecule has 1 unspecified atom stereocenters. The smallest absolute Gasteiger partial charge is 0.340 e. The highest BCUT2D eigenvalue weighted by atomic mass is 79.9. The van der Waals surface area contributed by atoms with Gasteiger partial charge in [-0.05, 0) is 43.4 Å². The van der Waals surface area contributed by atoms with Gasteiger partial charge in [0.05, 0.1) is 17.7 Å². The minimum Gasteiger partial charge on any atom is -0.462 e. The van der Waals surface area contributed by atoms with Crippen molar-refractivity contribution in [3.05, 3.63) is 33.9 Å². The molecule has 3 N–H and O–H groups in total. The van der Waals surface area contributed by atoms with E-state index in [0.717, 1.165) is 33.8 Å². The molecule has 1 aromatic heterocycles. The van der Waals surface area contributed by atoms with Crippen LogP contribution in [0.15, 0.2) is 22.8 Å². The molecule has 7 heteroatoms. The van der Waals surface area contributed by atoms with Crippen LogP contribution in [-0.2, 0) is 11.2 Å². The van der Waals surface area contributed by atoms with Crippen LogP contribution in [0.25, 0.3) is 10.9 Å². The van der Waals surface area contributed by atoms with E-state index in [1.807, 2.05) is 12.3 Å². The van der Waals surface area contributed by atoms with Gasteiger partial charge in [0, 0.05) is 27.6 Å². The van der Waals surface area contributed by atoms with Gasteiger partial charge in [0.15, 0.2) is 0 Å². The zero-order valence-corrected chi connectivity index (χ0v) is 15.2. The molecule has 0 spiro atoms. The molecular weight excluding hydrogens is 382 g/mol. The molecule has 2 aromatic rings. The highest BCUT2D eigenvalue weighted by Crippen LogP contribution is 2.49. The Kier molecular flexibility index (Phi) is 4.73. The largest absolute Gasteiger partial charge is 0.462 e. The number of halogens is 1. The van der Waals surface area contributed by atoms with E-state index in [0.29, 0.717) is 23.7 Å². The Hall–Kier alpha value is -1.02. The SMILES string of the molecule is CCOC(=O)c1cc(Br)cc2c(CC3CCS(O)(O)C3)c[nH]c12. The fourth-order valence-corrected chi connectivity index (χ4v) is 5.54. The molecule has 126 valence electrons. The van der Waals surface area contributed by atoms with Gasteiger partial charge in [0.25, 0.3) is 0 Å². The third kappa shape index (κ3) is 3.57. The number of hydrogen-bond donors (Lipinski definition) is 3. The summed E-state index contributed by atoms with van der Waals surface area (Å²) in [6, 6.07) is 3.74. The van der Waals surface area contributed by atoms with E-state index in [2.05, 4.69) is 20.9 Å². The number of esters is 1. The van der Waals surface area contributed by atoms with Crippen LogP contribution >= 0.6 is 26.5 Å². The van der Waals surface area contributed by atoms with Crippen LogP contribution in [0.3, 0.4) is 0 Å². The van der Waals surface area contributed by atoms with Gasteiger partial charge in [-0.3, -0.25) is 9.11 Å². The number of rotatable bonds is 4. The molecule has 0 radical (unpaired) electrons. The Balaban J connectivity index is 1.93. The lowest BCUT2D eigenvalue weighted by atomic mass is 9.98. The van der Waals surface area contributed by atoms with Crippen LogP contribution in [0, 0.1) is 5.92 Å².